The molecular weight excluding hydrogens is 310 g/mol. The van der Waals surface area contributed by atoms with Gasteiger partial charge in [-0.1, -0.05) is 30.3 Å². The van der Waals surface area contributed by atoms with E-state index in [1.807, 2.05) is 54.6 Å². The van der Waals surface area contributed by atoms with Crippen LogP contribution in [0.2, 0.25) is 0 Å². The second-order valence-corrected chi connectivity index (χ2v) is 6.62. The summed E-state index contributed by atoms with van der Waals surface area (Å²) in [6.45, 7) is -0.0110. The number of benzene rings is 2. The van der Waals surface area contributed by atoms with Crippen LogP contribution in [-0.4, -0.2) is 29.4 Å². The van der Waals surface area contributed by atoms with E-state index in [1.165, 1.54) is 0 Å². The third-order valence-electron chi connectivity index (χ3n) is 3.72. The molecule has 2 N–H and O–H groups in total. The molecule has 0 aromatic heterocycles. The van der Waals surface area contributed by atoms with Gasteiger partial charge >= 0.3 is 0 Å². The second-order valence-electron chi connectivity index (χ2n) is 5.41. The van der Waals surface area contributed by atoms with E-state index in [-0.39, 0.29) is 23.8 Å². The number of hydrogen-bond acceptors (Lipinski definition) is 4. The lowest BCUT2D eigenvalue weighted by atomic mass is 10.1. The van der Waals surface area contributed by atoms with Gasteiger partial charge in [0.1, 0.15) is 16.7 Å². The van der Waals surface area contributed by atoms with E-state index in [2.05, 4.69) is 5.32 Å². The van der Waals surface area contributed by atoms with Crippen LogP contribution < -0.4 is 10.1 Å². The molecule has 1 saturated heterocycles. The highest BCUT2D eigenvalue weighted by molar-refractivity contribution is 8.00. The number of hydrogen-bond donors (Lipinski definition) is 2. The Morgan fingerprint density at radius 2 is 1.78 bits per heavy atom. The minimum absolute atomic E-state index is 0.0110. The van der Waals surface area contributed by atoms with Crippen LogP contribution in [0.1, 0.15) is 17.2 Å². The quantitative estimate of drug-likeness (QED) is 0.905. The van der Waals surface area contributed by atoms with Crippen LogP contribution in [0.3, 0.4) is 0 Å². The molecule has 1 amide bonds. The van der Waals surface area contributed by atoms with Crippen LogP contribution >= 0.6 is 11.8 Å². The molecule has 2 aromatic carbocycles. The summed E-state index contributed by atoms with van der Waals surface area (Å²) in [7, 11) is 0. The number of amides is 1. The summed E-state index contributed by atoms with van der Waals surface area (Å²) < 4.78 is 5.77. The molecule has 4 nitrogen and oxygen atoms in total. The highest BCUT2D eigenvalue weighted by Crippen LogP contribution is 2.33. The molecule has 2 aromatic rings. The Morgan fingerprint density at radius 1 is 1.09 bits per heavy atom. The molecular formula is C18H19NO3S. The molecule has 0 bridgehead atoms. The number of carbonyl (C=O) groups is 1. The molecule has 120 valence electrons. The van der Waals surface area contributed by atoms with E-state index in [1.54, 1.807) is 11.8 Å². The van der Waals surface area contributed by atoms with Gasteiger partial charge in [0.15, 0.2) is 0 Å². The Labute approximate surface area is 139 Å². The van der Waals surface area contributed by atoms with Crippen molar-refractivity contribution in [3.8, 4) is 11.5 Å². The number of rotatable bonds is 4. The lowest BCUT2D eigenvalue weighted by molar-refractivity contribution is -0.121. The zero-order valence-electron chi connectivity index (χ0n) is 12.6. The predicted octanol–water partition coefficient (Wildman–Crippen LogP) is 3.13. The molecule has 0 saturated carbocycles. The maximum atomic E-state index is 12.3. The van der Waals surface area contributed by atoms with Crippen LogP contribution in [0.15, 0.2) is 54.6 Å². The number of ether oxygens (including phenoxy) is 1. The fourth-order valence-electron chi connectivity index (χ4n) is 2.47. The lowest BCUT2D eigenvalue weighted by Gasteiger charge is -2.15. The number of carbonyl (C=O) groups excluding carboxylic acids is 1. The normalized spacial score (nSPS) is 21.3. The SMILES string of the molecule is O=C1N[C@H](CO)CCS[C@@H]1c1ccc(Oc2ccccc2)cc1. The fourth-order valence-corrected chi connectivity index (χ4v) is 3.70. The monoisotopic (exact) mass is 329 g/mol. The summed E-state index contributed by atoms with van der Waals surface area (Å²) >= 11 is 1.61. The summed E-state index contributed by atoms with van der Waals surface area (Å²) in [4.78, 5) is 12.3. The molecule has 23 heavy (non-hydrogen) atoms. The van der Waals surface area contributed by atoms with Crippen molar-refractivity contribution in [3.63, 3.8) is 0 Å². The molecule has 1 aliphatic heterocycles. The highest BCUT2D eigenvalue weighted by Gasteiger charge is 2.26. The fraction of sp³-hybridized carbons (Fsp3) is 0.278. The van der Waals surface area contributed by atoms with Crippen LogP contribution in [0, 0.1) is 0 Å². The first-order chi connectivity index (χ1) is 11.3. The molecule has 0 spiro atoms. The minimum Gasteiger partial charge on any atom is -0.457 e. The minimum atomic E-state index is -0.239. The van der Waals surface area contributed by atoms with Crippen molar-refractivity contribution in [1.29, 1.82) is 0 Å². The van der Waals surface area contributed by atoms with Crippen molar-refractivity contribution in [2.45, 2.75) is 17.7 Å². The summed E-state index contributed by atoms with van der Waals surface area (Å²) in [6.07, 6.45) is 0.790. The smallest absolute Gasteiger partial charge is 0.237 e. The van der Waals surface area contributed by atoms with E-state index < -0.39 is 0 Å². The van der Waals surface area contributed by atoms with Crippen LogP contribution in [0.25, 0.3) is 0 Å². The molecule has 2 atom stereocenters. The number of aliphatic hydroxyl groups excluding tert-OH is 1. The number of aliphatic hydroxyl groups is 1. The van der Waals surface area contributed by atoms with Gasteiger partial charge in [0.25, 0.3) is 0 Å². The van der Waals surface area contributed by atoms with Gasteiger partial charge in [-0.2, -0.15) is 0 Å². The lowest BCUT2D eigenvalue weighted by Crippen LogP contribution is -2.37. The second kappa shape index (κ2) is 7.53. The molecule has 1 aliphatic rings. The first kappa shape index (κ1) is 15.9. The molecule has 0 unspecified atom stereocenters. The Balaban J connectivity index is 1.70. The van der Waals surface area contributed by atoms with E-state index in [0.717, 1.165) is 29.2 Å². The van der Waals surface area contributed by atoms with Crippen LogP contribution in [-0.2, 0) is 4.79 Å². The van der Waals surface area contributed by atoms with Gasteiger partial charge in [-0.3, -0.25) is 4.79 Å². The van der Waals surface area contributed by atoms with Crippen molar-refractivity contribution in [2.24, 2.45) is 0 Å². The Morgan fingerprint density at radius 3 is 2.48 bits per heavy atom. The Bertz CT molecular complexity index is 645. The van der Waals surface area contributed by atoms with Gasteiger partial charge in [-0.15, -0.1) is 11.8 Å². The third-order valence-corrected chi connectivity index (χ3v) is 5.01. The average molecular weight is 329 g/mol. The Hall–Kier alpha value is -1.98. The number of nitrogens with one attached hydrogen (secondary N) is 1. The topological polar surface area (TPSA) is 58.6 Å². The summed E-state index contributed by atoms with van der Waals surface area (Å²) in [5.41, 5.74) is 0.950. The van der Waals surface area contributed by atoms with Crippen molar-refractivity contribution < 1.29 is 14.6 Å². The number of thioether (sulfide) groups is 1. The molecule has 1 fully saturated rings. The maximum Gasteiger partial charge on any atom is 0.237 e. The average Bonchev–Trinajstić information content (AvgIpc) is 2.78. The summed E-state index contributed by atoms with van der Waals surface area (Å²) in [5.74, 6) is 2.33. The van der Waals surface area contributed by atoms with Gasteiger partial charge in [0, 0.05) is 0 Å². The summed E-state index contributed by atoms with van der Waals surface area (Å²) in [5, 5.41) is 11.9. The van der Waals surface area contributed by atoms with Gasteiger partial charge in [0.2, 0.25) is 5.91 Å². The van der Waals surface area contributed by atoms with E-state index >= 15 is 0 Å². The highest BCUT2D eigenvalue weighted by atomic mass is 32.2. The van der Waals surface area contributed by atoms with E-state index in [9.17, 15) is 9.90 Å². The van der Waals surface area contributed by atoms with Crippen molar-refractivity contribution >= 4 is 17.7 Å². The zero-order valence-corrected chi connectivity index (χ0v) is 13.5. The van der Waals surface area contributed by atoms with E-state index in [0.29, 0.717) is 0 Å². The predicted molar refractivity (Wildman–Crippen MR) is 91.8 cm³/mol. The maximum absolute atomic E-state index is 12.3. The van der Waals surface area contributed by atoms with Gasteiger partial charge in [-0.25, -0.2) is 0 Å². The molecule has 0 aliphatic carbocycles. The summed E-state index contributed by atoms with van der Waals surface area (Å²) in [6, 6.07) is 17.1. The third kappa shape index (κ3) is 4.06. The van der Waals surface area contributed by atoms with Crippen molar-refractivity contribution in [3.05, 3.63) is 60.2 Å². The van der Waals surface area contributed by atoms with E-state index in [4.69, 9.17) is 4.74 Å². The van der Waals surface area contributed by atoms with Crippen LogP contribution in [0.4, 0.5) is 0 Å². The molecule has 0 radical (unpaired) electrons. The first-order valence-electron chi connectivity index (χ1n) is 7.62. The standard InChI is InChI=1S/C18H19NO3S/c20-12-14-10-11-23-17(18(21)19-14)13-6-8-16(9-7-13)22-15-4-2-1-3-5-15/h1-9,14,17,20H,10-12H2,(H,19,21)/t14-,17+/m0/s1. The van der Waals surface area contributed by atoms with Gasteiger partial charge < -0.3 is 15.2 Å². The molecule has 5 heteroatoms. The Kier molecular flexibility index (Phi) is 5.20. The van der Waals surface area contributed by atoms with Crippen molar-refractivity contribution in [2.75, 3.05) is 12.4 Å². The largest absolute Gasteiger partial charge is 0.457 e. The van der Waals surface area contributed by atoms with Gasteiger partial charge in [0.05, 0.1) is 12.6 Å². The van der Waals surface area contributed by atoms with Gasteiger partial charge in [-0.05, 0) is 42.0 Å². The molecule has 3 rings (SSSR count). The van der Waals surface area contributed by atoms with Crippen molar-refractivity contribution in [1.82, 2.24) is 5.32 Å². The first-order valence-corrected chi connectivity index (χ1v) is 8.67. The molecule has 1 heterocycles. The van der Waals surface area contributed by atoms with Crippen LogP contribution in [0.5, 0.6) is 11.5 Å². The zero-order chi connectivity index (χ0) is 16.1. The number of para-hydroxylation sites is 1.